The highest BCUT2D eigenvalue weighted by atomic mass is 79.9. The molecule has 1 atom stereocenters. The van der Waals surface area contributed by atoms with Crippen molar-refractivity contribution in [3.8, 4) is 0 Å². The van der Waals surface area contributed by atoms with Crippen molar-refractivity contribution < 1.29 is 0 Å². The molecular formula is C16H17BrClN. The van der Waals surface area contributed by atoms with Crippen LogP contribution in [0.5, 0.6) is 0 Å². The summed E-state index contributed by atoms with van der Waals surface area (Å²) in [5.41, 5.74) is 3.82. The van der Waals surface area contributed by atoms with Gasteiger partial charge in [0.05, 0.1) is 5.02 Å². The van der Waals surface area contributed by atoms with E-state index in [0.717, 1.165) is 15.9 Å². The molecule has 2 rings (SSSR count). The summed E-state index contributed by atoms with van der Waals surface area (Å²) in [7, 11) is 1.98. The van der Waals surface area contributed by atoms with Crippen LogP contribution in [0, 0.1) is 6.92 Å². The summed E-state index contributed by atoms with van der Waals surface area (Å²) in [5.74, 6) is 0. The van der Waals surface area contributed by atoms with Crippen LogP contribution in [0.15, 0.2) is 46.9 Å². The van der Waals surface area contributed by atoms with Crippen molar-refractivity contribution in [1.29, 1.82) is 0 Å². The van der Waals surface area contributed by atoms with Gasteiger partial charge in [-0.2, -0.15) is 0 Å². The molecule has 0 heterocycles. The van der Waals surface area contributed by atoms with E-state index in [4.69, 9.17) is 11.6 Å². The van der Waals surface area contributed by atoms with Gasteiger partial charge in [0.25, 0.3) is 0 Å². The van der Waals surface area contributed by atoms with Crippen LogP contribution in [0.4, 0.5) is 0 Å². The number of hydrogen-bond acceptors (Lipinski definition) is 1. The van der Waals surface area contributed by atoms with Crippen LogP contribution in [0.2, 0.25) is 5.02 Å². The SMILES string of the molecule is CNC(Cc1ccc(C)cc1)c1ccc(Br)c(Cl)c1. The van der Waals surface area contributed by atoms with E-state index >= 15 is 0 Å². The van der Waals surface area contributed by atoms with Crippen LogP contribution < -0.4 is 5.32 Å². The maximum absolute atomic E-state index is 6.16. The van der Waals surface area contributed by atoms with E-state index in [1.807, 2.05) is 19.2 Å². The van der Waals surface area contributed by atoms with E-state index in [1.165, 1.54) is 16.7 Å². The third-order valence-electron chi connectivity index (χ3n) is 3.25. The molecule has 2 aromatic rings. The van der Waals surface area contributed by atoms with Gasteiger partial charge in [-0.05, 0) is 59.6 Å². The van der Waals surface area contributed by atoms with Gasteiger partial charge < -0.3 is 5.32 Å². The maximum Gasteiger partial charge on any atom is 0.0551 e. The number of nitrogens with one attached hydrogen (secondary N) is 1. The van der Waals surface area contributed by atoms with E-state index in [2.05, 4.69) is 58.5 Å². The Hall–Kier alpha value is -0.830. The molecule has 1 unspecified atom stereocenters. The van der Waals surface area contributed by atoms with E-state index in [0.29, 0.717) is 0 Å². The summed E-state index contributed by atoms with van der Waals surface area (Å²) in [6.45, 7) is 2.10. The van der Waals surface area contributed by atoms with Crippen LogP contribution in [-0.2, 0) is 6.42 Å². The highest BCUT2D eigenvalue weighted by molar-refractivity contribution is 9.10. The van der Waals surface area contributed by atoms with Gasteiger partial charge in [0.1, 0.15) is 0 Å². The summed E-state index contributed by atoms with van der Waals surface area (Å²) < 4.78 is 0.933. The van der Waals surface area contributed by atoms with Crippen LogP contribution in [0.3, 0.4) is 0 Å². The molecule has 0 amide bonds. The molecule has 3 heteroatoms. The van der Waals surface area contributed by atoms with Crippen LogP contribution >= 0.6 is 27.5 Å². The first kappa shape index (κ1) is 14.6. The maximum atomic E-state index is 6.16. The predicted octanol–water partition coefficient (Wildman–Crippen LogP) is 4.91. The minimum Gasteiger partial charge on any atom is -0.313 e. The molecule has 0 aliphatic heterocycles. The molecule has 0 radical (unpaired) electrons. The standard InChI is InChI=1S/C16H17BrClN/c1-11-3-5-12(6-4-11)9-16(19-2)13-7-8-14(17)15(18)10-13/h3-8,10,16,19H,9H2,1-2H3. The topological polar surface area (TPSA) is 12.0 Å². The van der Waals surface area contributed by atoms with Crippen molar-refractivity contribution in [3.63, 3.8) is 0 Å². The minimum atomic E-state index is 0.272. The van der Waals surface area contributed by atoms with Crippen molar-refractivity contribution in [3.05, 3.63) is 68.7 Å². The Morgan fingerprint density at radius 3 is 2.42 bits per heavy atom. The summed E-state index contributed by atoms with van der Waals surface area (Å²) in [6.07, 6.45) is 0.953. The Kier molecular flexibility index (Phi) is 5.03. The first-order valence-corrected chi connectivity index (χ1v) is 7.45. The van der Waals surface area contributed by atoms with Gasteiger partial charge in [-0.1, -0.05) is 47.5 Å². The average Bonchev–Trinajstić information content (AvgIpc) is 2.41. The second kappa shape index (κ2) is 6.56. The van der Waals surface area contributed by atoms with Crippen LogP contribution in [0.1, 0.15) is 22.7 Å². The zero-order chi connectivity index (χ0) is 13.8. The summed E-state index contributed by atoms with van der Waals surface area (Å²) >= 11 is 9.59. The fourth-order valence-corrected chi connectivity index (χ4v) is 2.51. The monoisotopic (exact) mass is 337 g/mol. The minimum absolute atomic E-state index is 0.272. The second-order valence-corrected chi connectivity index (χ2v) is 5.97. The zero-order valence-corrected chi connectivity index (χ0v) is 13.4. The summed E-state index contributed by atoms with van der Waals surface area (Å²) in [4.78, 5) is 0. The highest BCUT2D eigenvalue weighted by Crippen LogP contribution is 2.27. The average molecular weight is 339 g/mol. The molecule has 0 saturated carbocycles. The van der Waals surface area contributed by atoms with Crippen LogP contribution in [0.25, 0.3) is 0 Å². The van der Waals surface area contributed by atoms with Gasteiger partial charge in [-0.3, -0.25) is 0 Å². The molecule has 0 aliphatic carbocycles. The molecule has 100 valence electrons. The lowest BCUT2D eigenvalue weighted by molar-refractivity contribution is 0.592. The normalized spacial score (nSPS) is 12.4. The van der Waals surface area contributed by atoms with E-state index in [-0.39, 0.29) is 6.04 Å². The molecule has 0 fully saturated rings. The van der Waals surface area contributed by atoms with Gasteiger partial charge in [0.15, 0.2) is 0 Å². The number of rotatable bonds is 4. The molecule has 1 nitrogen and oxygen atoms in total. The Morgan fingerprint density at radius 1 is 1.16 bits per heavy atom. The quantitative estimate of drug-likeness (QED) is 0.835. The van der Waals surface area contributed by atoms with Gasteiger partial charge in [-0.25, -0.2) is 0 Å². The van der Waals surface area contributed by atoms with Gasteiger partial charge in [-0.15, -0.1) is 0 Å². The van der Waals surface area contributed by atoms with Crippen molar-refractivity contribution >= 4 is 27.5 Å². The van der Waals surface area contributed by atoms with Gasteiger partial charge in [0, 0.05) is 10.5 Å². The van der Waals surface area contributed by atoms with Crippen molar-refractivity contribution in [2.45, 2.75) is 19.4 Å². The lowest BCUT2D eigenvalue weighted by Crippen LogP contribution is -2.18. The van der Waals surface area contributed by atoms with E-state index in [1.54, 1.807) is 0 Å². The van der Waals surface area contributed by atoms with Crippen molar-refractivity contribution in [1.82, 2.24) is 5.32 Å². The number of halogens is 2. The number of aryl methyl sites for hydroxylation is 1. The van der Waals surface area contributed by atoms with Crippen LogP contribution in [-0.4, -0.2) is 7.05 Å². The number of hydrogen-bond donors (Lipinski definition) is 1. The molecule has 0 aromatic heterocycles. The molecule has 19 heavy (non-hydrogen) atoms. The molecule has 0 bridgehead atoms. The summed E-state index contributed by atoms with van der Waals surface area (Å²) in [6, 6.07) is 15.0. The lowest BCUT2D eigenvalue weighted by atomic mass is 9.98. The fraction of sp³-hybridized carbons (Fsp3) is 0.250. The highest BCUT2D eigenvalue weighted by Gasteiger charge is 2.11. The third-order valence-corrected chi connectivity index (χ3v) is 4.49. The Labute approximate surface area is 128 Å². The molecule has 1 N–H and O–H groups in total. The van der Waals surface area contributed by atoms with Crippen molar-refractivity contribution in [2.75, 3.05) is 7.05 Å². The Morgan fingerprint density at radius 2 is 1.84 bits per heavy atom. The molecule has 0 saturated heterocycles. The number of benzene rings is 2. The summed E-state index contributed by atoms with van der Waals surface area (Å²) in [5, 5.41) is 4.11. The predicted molar refractivity (Wildman–Crippen MR) is 85.8 cm³/mol. The van der Waals surface area contributed by atoms with E-state index in [9.17, 15) is 0 Å². The molecule has 0 spiro atoms. The first-order valence-electron chi connectivity index (χ1n) is 6.28. The van der Waals surface area contributed by atoms with Gasteiger partial charge in [0.2, 0.25) is 0 Å². The number of likely N-dealkylation sites (N-methyl/N-ethyl adjacent to an activating group) is 1. The van der Waals surface area contributed by atoms with E-state index < -0.39 is 0 Å². The smallest absolute Gasteiger partial charge is 0.0551 e. The lowest BCUT2D eigenvalue weighted by Gasteiger charge is -2.17. The molecule has 0 aliphatic rings. The van der Waals surface area contributed by atoms with Crippen molar-refractivity contribution in [2.24, 2.45) is 0 Å². The third kappa shape index (κ3) is 3.82. The first-order chi connectivity index (χ1) is 9.10. The Bertz CT molecular complexity index is 551. The largest absolute Gasteiger partial charge is 0.313 e. The second-order valence-electron chi connectivity index (χ2n) is 4.70. The fourth-order valence-electron chi connectivity index (χ4n) is 2.08. The Balaban J connectivity index is 2.19. The zero-order valence-electron chi connectivity index (χ0n) is 11.1. The molecule has 2 aromatic carbocycles. The van der Waals surface area contributed by atoms with Gasteiger partial charge >= 0.3 is 0 Å². The molecular weight excluding hydrogens is 322 g/mol.